The van der Waals surface area contributed by atoms with E-state index in [9.17, 15) is 9.35 Å². The van der Waals surface area contributed by atoms with Gasteiger partial charge in [0.25, 0.3) is 0 Å². The summed E-state index contributed by atoms with van der Waals surface area (Å²) in [6, 6.07) is 11.8. The van der Waals surface area contributed by atoms with Crippen LogP contribution in [-0.2, 0) is 24.3 Å². The molecule has 38 heavy (non-hydrogen) atoms. The third kappa shape index (κ3) is 6.17. The van der Waals surface area contributed by atoms with E-state index in [1.54, 1.807) is 6.07 Å². The fraction of sp³-hybridized carbons (Fsp3) is 0.500. The number of rotatable bonds is 9. The van der Waals surface area contributed by atoms with Crippen LogP contribution in [0.25, 0.3) is 0 Å². The lowest BCUT2D eigenvalue weighted by molar-refractivity contribution is 0.1000. The Hall–Kier alpha value is -2.19. The molecular weight excluding hydrogens is 518 g/mol. The number of primary amides is 1. The zero-order valence-corrected chi connectivity index (χ0v) is 23.6. The predicted octanol–water partition coefficient (Wildman–Crippen LogP) is 5.39. The van der Waals surface area contributed by atoms with Gasteiger partial charge >= 0.3 is 0 Å². The van der Waals surface area contributed by atoms with Crippen molar-refractivity contribution in [3.63, 3.8) is 0 Å². The van der Waals surface area contributed by atoms with Gasteiger partial charge in [-0.05, 0) is 97.2 Å². The second-order valence-corrected chi connectivity index (χ2v) is 12.9. The van der Waals surface area contributed by atoms with Crippen molar-refractivity contribution >= 4 is 34.6 Å². The van der Waals surface area contributed by atoms with Crippen LogP contribution in [0.3, 0.4) is 0 Å². The zero-order valence-electron chi connectivity index (χ0n) is 22.0. The van der Waals surface area contributed by atoms with Gasteiger partial charge in [-0.3, -0.25) is 4.79 Å². The Balaban J connectivity index is 1.37. The summed E-state index contributed by atoms with van der Waals surface area (Å²) in [5, 5.41) is 6.20. The SMILES string of the molecule is C[C@@H](C/C=C/C[C@@H]1C2C[C@]21CN1Cc2ccc(Cl)cc2CCCCOc2ccc(C(N)=O)cc21)C[S+](N)[O-]. The predicted molar refractivity (Wildman–Crippen MR) is 155 cm³/mol. The molecule has 2 aromatic carbocycles. The molecule has 0 bridgehead atoms. The summed E-state index contributed by atoms with van der Waals surface area (Å²) in [7, 11) is 0. The van der Waals surface area contributed by atoms with Crippen LogP contribution >= 0.6 is 11.6 Å². The summed E-state index contributed by atoms with van der Waals surface area (Å²) in [5.41, 5.74) is 9.97. The third-order valence-corrected chi connectivity index (χ3v) is 9.67. The van der Waals surface area contributed by atoms with E-state index in [0.29, 0.717) is 35.2 Å². The van der Waals surface area contributed by atoms with Crippen molar-refractivity contribution in [3.05, 3.63) is 70.3 Å². The van der Waals surface area contributed by atoms with Gasteiger partial charge in [0.15, 0.2) is 0 Å². The number of carbonyl (C=O) groups excluding carboxylic acids is 1. The van der Waals surface area contributed by atoms with Crippen LogP contribution in [0.5, 0.6) is 5.75 Å². The van der Waals surface area contributed by atoms with Gasteiger partial charge in [-0.15, -0.1) is 0 Å². The first-order valence-electron chi connectivity index (χ1n) is 13.6. The molecule has 6 nitrogen and oxygen atoms in total. The van der Waals surface area contributed by atoms with E-state index < -0.39 is 17.3 Å². The molecule has 2 unspecified atom stereocenters. The average molecular weight is 556 g/mol. The van der Waals surface area contributed by atoms with Gasteiger partial charge in [0, 0.05) is 41.0 Å². The summed E-state index contributed by atoms with van der Waals surface area (Å²) in [6.45, 7) is 4.37. The van der Waals surface area contributed by atoms with Crippen LogP contribution in [0.4, 0.5) is 5.69 Å². The van der Waals surface area contributed by atoms with Gasteiger partial charge in [-0.25, -0.2) is 0 Å². The molecule has 5 rings (SSSR count). The third-order valence-electron chi connectivity index (χ3n) is 8.53. The Labute approximate surface area is 234 Å². The standard InChI is InChI=1S/C30H38ClN3O3S/c1-20(18-38(33)36)6-2-3-8-25-26-16-30(25,26)19-34-17-23-9-11-24(31)14-21(23)7-4-5-13-37-28-12-10-22(29(32)35)15-27(28)34/h2-3,9-12,14-15,20,25-26H,4-8,13,16-19,33H2,1H3,(H2,32,35)/b3-2+/t20-,25+,26?,30+,38?/m0/s1. The van der Waals surface area contributed by atoms with Crippen molar-refractivity contribution in [2.75, 3.05) is 23.8 Å². The van der Waals surface area contributed by atoms with Crippen molar-refractivity contribution in [3.8, 4) is 5.75 Å². The van der Waals surface area contributed by atoms with E-state index in [-0.39, 0.29) is 0 Å². The molecule has 4 N–H and O–H groups in total. The number of nitrogens with zero attached hydrogens (tertiary/aromatic N) is 1. The van der Waals surface area contributed by atoms with E-state index in [1.165, 1.54) is 17.5 Å². The van der Waals surface area contributed by atoms with E-state index in [2.05, 4.69) is 36.1 Å². The quantitative estimate of drug-likeness (QED) is 0.319. The van der Waals surface area contributed by atoms with Crippen molar-refractivity contribution in [2.24, 2.45) is 34.0 Å². The van der Waals surface area contributed by atoms with Gasteiger partial charge in [0.05, 0.1) is 12.3 Å². The topological polar surface area (TPSA) is 105 Å². The lowest BCUT2D eigenvalue weighted by Crippen LogP contribution is -2.30. The molecule has 1 amide bonds. The highest BCUT2D eigenvalue weighted by atomic mass is 35.5. The number of anilines is 1. The second-order valence-electron chi connectivity index (χ2n) is 11.4. The molecule has 2 fully saturated rings. The summed E-state index contributed by atoms with van der Waals surface area (Å²) < 4.78 is 17.5. The normalized spacial score (nSPS) is 25.8. The lowest BCUT2D eigenvalue weighted by Gasteiger charge is -2.30. The molecule has 1 heterocycles. The van der Waals surface area contributed by atoms with Gasteiger partial charge in [-0.2, -0.15) is 5.14 Å². The number of carbonyl (C=O) groups is 1. The first kappa shape index (κ1) is 27.4. The van der Waals surface area contributed by atoms with E-state index in [4.69, 9.17) is 27.2 Å². The lowest BCUT2D eigenvalue weighted by atomic mass is 9.98. The van der Waals surface area contributed by atoms with E-state index in [1.807, 2.05) is 18.2 Å². The summed E-state index contributed by atoms with van der Waals surface area (Å²) in [4.78, 5) is 14.5. The molecule has 8 heteroatoms. The number of amides is 1. The molecule has 0 spiro atoms. The van der Waals surface area contributed by atoms with Crippen LogP contribution < -0.4 is 20.5 Å². The molecule has 2 saturated carbocycles. The van der Waals surface area contributed by atoms with Gasteiger partial charge in [-0.1, -0.05) is 36.7 Å². The minimum atomic E-state index is -1.24. The van der Waals surface area contributed by atoms with Gasteiger partial charge in [0.1, 0.15) is 11.5 Å². The summed E-state index contributed by atoms with van der Waals surface area (Å²) >= 11 is 5.14. The molecule has 2 aliphatic carbocycles. The van der Waals surface area contributed by atoms with Crippen LogP contribution in [0, 0.1) is 23.2 Å². The maximum atomic E-state index is 12.1. The Morgan fingerprint density at radius 3 is 2.87 bits per heavy atom. The maximum Gasteiger partial charge on any atom is 0.248 e. The van der Waals surface area contributed by atoms with Gasteiger partial charge in [0.2, 0.25) is 5.91 Å². The number of halogens is 1. The summed E-state index contributed by atoms with van der Waals surface area (Å²) in [6.07, 6.45) is 10.7. The molecular formula is C30H38ClN3O3S. The van der Waals surface area contributed by atoms with Crippen molar-refractivity contribution in [1.82, 2.24) is 0 Å². The average Bonchev–Trinajstić information content (AvgIpc) is 3.73. The fourth-order valence-corrected chi connectivity index (χ4v) is 7.07. The van der Waals surface area contributed by atoms with Crippen LogP contribution in [-0.4, -0.2) is 29.4 Å². The Morgan fingerprint density at radius 1 is 1.26 bits per heavy atom. The Kier molecular flexibility index (Phi) is 8.29. The van der Waals surface area contributed by atoms with Crippen molar-refractivity contribution in [1.29, 1.82) is 0 Å². The van der Waals surface area contributed by atoms with Crippen molar-refractivity contribution < 1.29 is 14.1 Å². The summed E-state index contributed by atoms with van der Waals surface area (Å²) in [5.74, 6) is 2.65. The smallest absolute Gasteiger partial charge is 0.248 e. The number of allylic oxidation sites excluding steroid dienone is 2. The maximum absolute atomic E-state index is 12.1. The molecule has 0 radical (unpaired) electrons. The highest BCUT2D eigenvalue weighted by molar-refractivity contribution is 7.89. The number of benzene rings is 2. The molecule has 5 atom stereocenters. The zero-order chi connectivity index (χ0) is 26.9. The largest absolute Gasteiger partial charge is 0.598 e. The van der Waals surface area contributed by atoms with E-state index in [0.717, 1.165) is 67.6 Å². The minimum absolute atomic E-state index is 0.307. The molecule has 0 saturated heterocycles. The van der Waals surface area contributed by atoms with Crippen LogP contribution in [0.2, 0.25) is 5.02 Å². The Bertz CT molecular complexity index is 1210. The number of fused-ring (bicyclic) bond motifs is 3. The second kappa shape index (κ2) is 11.5. The van der Waals surface area contributed by atoms with Crippen molar-refractivity contribution in [2.45, 2.75) is 52.0 Å². The van der Waals surface area contributed by atoms with Crippen LogP contribution in [0.15, 0.2) is 48.6 Å². The first-order valence-corrected chi connectivity index (χ1v) is 15.4. The molecule has 3 aliphatic rings. The highest BCUT2D eigenvalue weighted by Gasteiger charge is 2.77. The van der Waals surface area contributed by atoms with Crippen LogP contribution in [0.1, 0.15) is 60.5 Å². The minimum Gasteiger partial charge on any atom is -0.598 e. The monoisotopic (exact) mass is 555 g/mol. The molecule has 1 aliphatic heterocycles. The first-order chi connectivity index (χ1) is 18.3. The number of nitrogens with two attached hydrogens (primary N) is 2. The van der Waals surface area contributed by atoms with Gasteiger partial charge < -0.3 is 19.9 Å². The highest BCUT2D eigenvalue weighted by Crippen LogP contribution is 2.81. The number of aryl methyl sites for hydroxylation is 1. The van der Waals surface area contributed by atoms with E-state index >= 15 is 0 Å². The molecule has 204 valence electrons. The fourth-order valence-electron chi connectivity index (χ4n) is 6.18. The number of hydrogen-bond acceptors (Lipinski definition) is 5. The Morgan fingerprint density at radius 2 is 2.11 bits per heavy atom. The number of hydrogen-bond donors (Lipinski definition) is 2. The molecule has 2 aromatic rings. The molecule has 0 aromatic heterocycles. The number of ether oxygens (including phenoxy) is 1.